The van der Waals surface area contributed by atoms with E-state index in [0.29, 0.717) is 6.04 Å². The molecule has 2 saturated heterocycles. The molecule has 0 unspecified atom stereocenters. The Hall–Kier alpha value is 0.150. The summed E-state index contributed by atoms with van der Waals surface area (Å²) in [5.74, 6) is -0.433. The Morgan fingerprint density at radius 3 is 2.59 bits per heavy atom. The van der Waals surface area contributed by atoms with E-state index >= 15 is 0 Å². The van der Waals surface area contributed by atoms with Gasteiger partial charge in [0.25, 0.3) is 0 Å². The molecule has 0 bridgehead atoms. The summed E-state index contributed by atoms with van der Waals surface area (Å²) in [5.41, 5.74) is 0. The van der Waals surface area contributed by atoms with Crippen molar-refractivity contribution in [2.24, 2.45) is 0 Å². The lowest BCUT2D eigenvalue weighted by molar-refractivity contribution is -0.246. The molecule has 128 valence electrons. The van der Waals surface area contributed by atoms with Crippen molar-refractivity contribution in [3.05, 3.63) is 0 Å². The first-order chi connectivity index (χ1) is 10.5. The van der Waals surface area contributed by atoms with Crippen LogP contribution in [0.25, 0.3) is 0 Å². The number of thiol groups is 1. The third kappa shape index (κ3) is 3.32. The average Bonchev–Trinajstić information content (AvgIpc) is 2.99. The van der Waals surface area contributed by atoms with Gasteiger partial charge in [-0.3, -0.25) is 0 Å². The van der Waals surface area contributed by atoms with E-state index in [1.807, 2.05) is 0 Å². The monoisotopic (exact) mass is 331 g/mol. The third-order valence-electron chi connectivity index (χ3n) is 4.89. The van der Waals surface area contributed by atoms with E-state index in [1.165, 1.54) is 6.42 Å². The summed E-state index contributed by atoms with van der Waals surface area (Å²) < 4.78 is 24.3. The highest BCUT2D eigenvalue weighted by molar-refractivity contribution is 7.81. The van der Waals surface area contributed by atoms with Crippen LogP contribution in [0.5, 0.6) is 0 Å². The van der Waals surface area contributed by atoms with Gasteiger partial charge >= 0.3 is 0 Å². The van der Waals surface area contributed by atoms with E-state index in [0.717, 1.165) is 32.2 Å². The van der Waals surface area contributed by atoms with Gasteiger partial charge in [-0.15, -0.1) is 0 Å². The highest BCUT2D eigenvalue weighted by atomic mass is 32.1. The van der Waals surface area contributed by atoms with Gasteiger partial charge in [0.15, 0.2) is 12.1 Å². The average molecular weight is 331 g/mol. The van der Waals surface area contributed by atoms with Crippen LogP contribution in [-0.2, 0) is 18.9 Å². The van der Waals surface area contributed by atoms with Gasteiger partial charge in [-0.05, 0) is 12.8 Å². The summed E-state index contributed by atoms with van der Waals surface area (Å²) in [6.07, 6.45) is 4.82. The molecular formula is C16H29NO4S. The van der Waals surface area contributed by atoms with Crippen LogP contribution in [0.2, 0.25) is 0 Å². The summed E-state index contributed by atoms with van der Waals surface area (Å²) >= 11 is 4.70. The van der Waals surface area contributed by atoms with Crippen molar-refractivity contribution in [3.63, 3.8) is 0 Å². The molecule has 0 amide bonds. The van der Waals surface area contributed by atoms with Gasteiger partial charge in [-0.25, -0.2) is 0 Å². The van der Waals surface area contributed by atoms with Gasteiger partial charge in [0.1, 0.15) is 18.3 Å². The fraction of sp³-hybridized carbons (Fsp3) is 1.00. The number of rotatable bonds is 5. The molecule has 2 aliphatic heterocycles. The molecule has 22 heavy (non-hydrogen) atoms. The van der Waals surface area contributed by atoms with E-state index < -0.39 is 5.79 Å². The second kappa shape index (κ2) is 6.95. The molecule has 2 heterocycles. The van der Waals surface area contributed by atoms with Crippen LogP contribution in [0.1, 0.15) is 46.0 Å². The second-order valence-corrected chi connectivity index (χ2v) is 7.63. The lowest BCUT2D eigenvalue weighted by Crippen LogP contribution is -2.45. The Bertz CT molecular complexity index is 375. The number of hydrogen-bond donors (Lipinski definition) is 2. The minimum absolute atomic E-state index is 0.0486. The molecule has 0 radical (unpaired) electrons. The minimum Gasteiger partial charge on any atom is -0.376 e. The molecular weight excluding hydrogens is 302 g/mol. The Morgan fingerprint density at radius 2 is 1.95 bits per heavy atom. The zero-order valence-corrected chi connectivity index (χ0v) is 14.7. The molecule has 0 aromatic carbocycles. The maximum Gasteiger partial charge on any atom is 0.190 e. The molecule has 3 rings (SSSR count). The third-order valence-corrected chi connectivity index (χ3v) is 5.37. The topological polar surface area (TPSA) is 49.0 Å². The highest BCUT2D eigenvalue weighted by Gasteiger charge is 2.59. The quantitative estimate of drug-likeness (QED) is 0.756. The molecule has 3 aliphatic rings. The van der Waals surface area contributed by atoms with Crippen LogP contribution < -0.4 is 5.32 Å². The lowest BCUT2D eigenvalue weighted by atomic mass is 9.94. The molecule has 1 saturated carbocycles. The molecule has 1 N–H and O–H groups in total. The fourth-order valence-electron chi connectivity index (χ4n) is 3.73. The van der Waals surface area contributed by atoms with Crippen LogP contribution in [0.15, 0.2) is 0 Å². The van der Waals surface area contributed by atoms with Crippen LogP contribution in [0.4, 0.5) is 0 Å². The molecule has 5 atom stereocenters. The summed E-state index contributed by atoms with van der Waals surface area (Å²) in [7, 11) is 1.72. The van der Waals surface area contributed by atoms with Gasteiger partial charge in [0.2, 0.25) is 0 Å². The first-order valence-electron chi connectivity index (χ1n) is 8.50. The number of nitrogens with one attached hydrogen (secondary N) is 1. The van der Waals surface area contributed by atoms with Crippen molar-refractivity contribution in [2.45, 2.75) is 87.6 Å². The summed E-state index contributed by atoms with van der Waals surface area (Å²) in [6.45, 7) is 5.02. The van der Waals surface area contributed by atoms with Gasteiger partial charge < -0.3 is 24.3 Å². The maximum atomic E-state index is 6.30. The zero-order valence-electron chi connectivity index (χ0n) is 13.8. The smallest absolute Gasteiger partial charge is 0.190 e. The predicted octanol–water partition coefficient (Wildman–Crippen LogP) is 2.10. The number of methoxy groups -OCH3 is 1. The lowest BCUT2D eigenvalue weighted by Gasteiger charge is -2.34. The van der Waals surface area contributed by atoms with Crippen molar-refractivity contribution >= 4 is 12.6 Å². The Labute approximate surface area is 138 Å². The first kappa shape index (κ1) is 17.0. The number of hydrogen-bond acceptors (Lipinski definition) is 6. The van der Waals surface area contributed by atoms with E-state index in [4.69, 9.17) is 31.6 Å². The predicted molar refractivity (Wildman–Crippen MR) is 87.1 cm³/mol. The SMILES string of the molecule is CO[C@@H]1[C@H]2OC3(CCCCC3)O[C@H]2O[C@@H]1[C@H](S)CNC(C)C. The Balaban J connectivity index is 1.62. The van der Waals surface area contributed by atoms with Crippen molar-refractivity contribution in [3.8, 4) is 0 Å². The molecule has 1 spiro atoms. The van der Waals surface area contributed by atoms with Gasteiger partial charge in [-0.1, -0.05) is 20.3 Å². The number of fused-ring (bicyclic) bond motifs is 1. The van der Waals surface area contributed by atoms with E-state index in [1.54, 1.807) is 7.11 Å². The van der Waals surface area contributed by atoms with Crippen molar-refractivity contribution in [1.82, 2.24) is 5.32 Å². The molecule has 0 aromatic heterocycles. The summed E-state index contributed by atoms with van der Waals surface area (Å²) in [6, 6.07) is 0.426. The van der Waals surface area contributed by atoms with E-state index in [9.17, 15) is 0 Å². The highest BCUT2D eigenvalue weighted by Crippen LogP contribution is 2.46. The molecule has 5 nitrogen and oxygen atoms in total. The molecule has 6 heteroatoms. The summed E-state index contributed by atoms with van der Waals surface area (Å²) in [5, 5.41) is 3.44. The fourth-order valence-corrected chi connectivity index (χ4v) is 4.08. The molecule has 0 aromatic rings. The van der Waals surface area contributed by atoms with Crippen molar-refractivity contribution in [1.29, 1.82) is 0 Å². The van der Waals surface area contributed by atoms with Gasteiger partial charge in [0.05, 0.1) is 0 Å². The van der Waals surface area contributed by atoms with Crippen molar-refractivity contribution in [2.75, 3.05) is 13.7 Å². The van der Waals surface area contributed by atoms with Gasteiger partial charge in [-0.2, -0.15) is 12.6 Å². The van der Waals surface area contributed by atoms with Crippen molar-refractivity contribution < 1.29 is 18.9 Å². The van der Waals surface area contributed by atoms with E-state index in [-0.39, 0.29) is 29.9 Å². The van der Waals surface area contributed by atoms with Crippen LogP contribution in [0.3, 0.4) is 0 Å². The minimum atomic E-state index is -0.433. The van der Waals surface area contributed by atoms with Crippen LogP contribution in [-0.4, -0.2) is 55.3 Å². The zero-order chi connectivity index (χ0) is 15.7. The standard InChI is InChI=1S/C16H29NO4S/c1-10(2)17-9-11(22)12-13(18-3)14-15(19-12)21-16(20-14)7-5-4-6-8-16/h10-15,17,22H,4-9H2,1-3H3/t11-,12-,13+,14-,15-/m1/s1. The van der Waals surface area contributed by atoms with Crippen LogP contribution in [0, 0.1) is 0 Å². The number of ether oxygens (including phenoxy) is 4. The second-order valence-electron chi connectivity index (χ2n) is 6.97. The molecule has 1 aliphatic carbocycles. The maximum absolute atomic E-state index is 6.30. The first-order valence-corrected chi connectivity index (χ1v) is 9.02. The molecule has 3 fully saturated rings. The van der Waals surface area contributed by atoms with Crippen LogP contribution >= 0.6 is 12.6 Å². The van der Waals surface area contributed by atoms with Gasteiger partial charge in [0, 0.05) is 37.8 Å². The Morgan fingerprint density at radius 1 is 1.23 bits per heavy atom. The Kier molecular flexibility index (Phi) is 5.37. The largest absolute Gasteiger partial charge is 0.376 e. The normalized spacial score (nSPS) is 38.6. The summed E-state index contributed by atoms with van der Waals surface area (Å²) in [4.78, 5) is 0. The van der Waals surface area contributed by atoms with E-state index in [2.05, 4.69) is 19.2 Å².